The third-order valence-corrected chi connectivity index (χ3v) is 4.01. The lowest BCUT2D eigenvalue weighted by molar-refractivity contribution is -0.115. The highest BCUT2D eigenvalue weighted by Crippen LogP contribution is 2.36. The summed E-state index contributed by atoms with van der Waals surface area (Å²) in [7, 11) is 1.82. The average Bonchev–Trinajstić information content (AvgIpc) is 2.36. The van der Waals surface area contributed by atoms with Crippen LogP contribution in [-0.2, 0) is 4.79 Å². The second kappa shape index (κ2) is 5.54. The summed E-state index contributed by atoms with van der Waals surface area (Å²) >= 11 is 1.52. The quantitative estimate of drug-likeness (QED) is 0.816. The monoisotopic (exact) mass is 264 g/mol. The Morgan fingerprint density at radius 1 is 1.50 bits per heavy atom. The van der Waals surface area contributed by atoms with E-state index in [1.807, 2.05) is 26.1 Å². The summed E-state index contributed by atoms with van der Waals surface area (Å²) in [4.78, 5) is 24.5. The molecule has 1 aromatic carbocycles. The number of hydrogen-bond donors (Lipinski definition) is 2. The number of carbonyl (C=O) groups is 2. The molecule has 5 heteroatoms. The maximum absolute atomic E-state index is 11.9. The Hall–Kier alpha value is -1.33. The summed E-state index contributed by atoms with van der Waals surface area (Å²) < 4.78 is 0. The fourth-order valence-corrected chi connectivity index (χ4v) is 2.70. The molecule has 0 radical (unpaired) electrons. The third-order valence-electron chi connectivity index (χ3n) is 2.83. The van der Waals surface area contributed by atoms with Gasteiger partial charge in [-0.05, 0) is 26.1 Å². The minimum Gasteiger partial charge on any atom is -0.324 e. The zero-order valence-corrected chi connectivity index (χ0v) is 11.3. The van der Waals surface area contributed by atoms with Crippen molar-refractivity contribution < 1.29 is 9.59 Å². The van der Waals surface area contributed by atoms with Gasteiger partial charge < -0.3 is 10.6 Å². The summed E-state index contributed by atoms with van der Waals surface area (Å²) in [6.07, 6.45) is 0.465. The van der Waals surface area contributed by atoms with Crippen molar-refractivity contribution in [3.05, 3.63) is 23.8 Å². The van der Waals surface area contributed by atoms with E-state index in [9.17, 15) is 9.59 Å². The van der Waals surface area contributed by atoms with Gasteiger partial charge in [0.05, 0.1) is 10.9 Å². The van der Waals surface area contributed by atoms with Gasteiger partial charge in [-0.1, -0.05) is 6.07 Å². The molecular formula is C13H16N2O2S. The van der Waals surface area contributed by atoms with Crippen molar-refractivity contribution in [2.75, 3.05) is 18.9 Å². The molecule has 96 valence electrons. The predicted molar refractivity (Wildman–Crippen MR) is 73.3 cm³/mol. The van der Waals surface area contributed by atoms with E-state index in [1.165, 1.54) is 11.8 Å². The summed E-state index contributed by atoms with van der Waals surface area (Å²) in [5.41, 5.74) is 1.40. The minimum absolute atomic E-state index is 0.00711. The van der Waals surface area contributed by atoms with Crippen LogP contribution >= 0.6 is 11.8 Å². The van der Waals surface area contributed by atoms with Gasteiger partial charge in [0.1, 0.15) is 0 Å². The molecule has 1 aliphatic rings. The van der Waals surface area contributed by atoms with Gasteiger partial charge in [0.2, 0.25) is 5.91 Å². The van der Waals surface area contributed by atoms with Crippen molar-refractivity contribution in [2.45, 2.75) is 23.5 Å². The average molecular weight is 264 g/mol. The van der Waals surface area contributed by atoms with Crippen molar-refractivity contribution in [3.63, 3.8) is 0 Å². The standard InChI is InChI=1S/C13H16N2O2S/c1-8-13(17)15-10-7-9(3-4-12(10)18-8)11(16)5-6-14-2/h3-4,7-8,14H,5-6H2,1-2H3,(H,15,17). The number of anilines is 1. The highest BCUT2D eigenvalue weighted by molar-refractivity contribution is 8.00. The number of Topliss-reactive ketones (excluding diaryl/α,β-unsaturated/α-hetero) is 1. The van der Waals surface area contributed by atoms with Crippen LogP contribution in [0.3, 0.4) is 0 Å². The molecule has 1 unspecified atom stereocenters. The highest BCUT2D eigenvalue weighted by Gasteiger charge is 2.23. The smallest absolute Gasteiger partial charge is 0.237 e. The second-order valence-corrected chi connectivity index (χ2v) is 5.62. The van der Waals surface area contributed by atoms with Gasteiger partial charge in [0.25, 0.3) is 0 Å². The van der Waals surface area contributed by atoms with Gasteiger partial charge in [0, 0.05) is 23.4 Å². The Morgan fingerprint density at radius 3 is 3.00 bits per heavy atom. The van der Waals surface area contributed by atoms with E-state index in [-0.39, 0.29) is 16.9 Å². The molecule has 1 aromatic rings. The molecule has 2 N–H and O–H groups in total. The van der Waals surface area contributed by atoms with Crippen molar-refractivity contribution >= 4 is 29.1 Å². The highest BCUT2D eigenvalue weighted by atomic mass is 32.2. The number of fused-ring (bicyclic) bond motifs is 1. The van der Waals surface area contributed by atoms with Crippen LogP contribution in [0.1, 0.15) is 23.7 Å². The molecule has 0 saturated heterocycles. The molecular weight excluding hydrogens is 248 g/mol. The number of nitrogens with one attached hydrogen (secondary N) is 2. The van der Waals surface area contributed by atoms with Gasteiger partial charge in [-0.2, -0.15) is 0 Å². The zero-order valence-electron chi connectivity index (χ0n) is 10.4. The fourth-order valence-electron chi connectivity index (χ4n) is 1.77. The third kappa shape index (κ3) is 2.73. The molecule has 0 aromatic heterocycles. The van der Waals surface area contributed by atoms with Crippen LogP contribution in [0.2, 0.25) is 0 Å². The van der Waals surface area contributed by atoms with E-state index < -0.39 is 0 Å². The van der Waals surface area contributed by atoms with Crippen LogP contribution in [0, 0.1) is 0 Å². The number of hydrogen-bond acceptors (Lipinski definition) is 4. The normalized spacial score (nSPS) is 18.1. The predicted octanol–water partition coefficient (Wildman–Crippen LogP) is 1.91. The van der Waals surface area contributed by atoms with E-state index in [0.29, 0.717) is 18.5 Å². The number of rotatable bonds is 4. The van der Waals surface area contributed by atoms with E-state index in [4.69, 9.17) is 0 Å². The number of carbonyl (C=O) groups excluding carboxylic acids is 2. The van der Waals surface area contributed by atoms with E-state index >= 15 is 0 Å². The van der Waals surface area contributed by atoms with Crippen molar-refractivity contribution in [2.24, 2.45) is 0 Å². The molecule has 0 bridgehead atoms. The van der Waals surface area contributed by atoms with Gasteiger partial charge in [0.15, 0.2) is 5.78 Å². The Kier molecular flexibility index (Phi) is 4.04. The first-order valence-corrected chi connectivity index (χ1v) is 6.79. The first kappa shape index (κ1) is 13.1. The first-order valence-electron chi connectivity index (χ1n) is 5.91. The first-order chi connectivity index (χ1) is 8.61. The molecule has 1 atom stereocenters. The van der Waals surface area contributed by atoms with E-state index in [2.05, 4.69) is 10.6 Å². The number of thioether (sulfide) groups is 1. The lowest BCUT2D eigenvalue weighted by atomic mass is 10.1. The largest absolute Gasteiger partial charge is 0.324 e. The second-order valence-electron chi connectivity index (χ2n) is 4.24. The van der Waals surface area contributed by atoms with Crippen LogP contribution in [0.5, 0.6) is 0 Å². The SMILES string of the molecule is CNCCC(=O)c1ccc2c(c1)NC(=O)C(C)S2. The fraction of sp³-hybridized carbons (Fsp3) is 0.385. The van der Waals surface area contributed by atoms with E-state index in [0.717, 1.165) is 10.6 Å². The van der Waals surface area contributed by atoms with Gasteiger partial charge in [-0.15, -0.1) is 11.8 Å². The van der Waals surface area contributed by atoms with Crippen LogP contribution in [0.4, 0.5) is 5.69 Å². The number of amides is 1. The molecule has 0 saturated carbocycles. The summed E-state index contributed by atoms with van der Waals surface area (Å²) in [6, 6.07) is 5.50. The molecule has 4 nitrogen and oxygen atoms in total. The van der Waals surface area contributed by atoms with Crippen LogP contribution < -0.4 is 10.6 Å². The molecule has 2 rings (SSSR count). The van der Waals surface area contributed by atoms with Crippen molar-refractivity contribution in [3.8, 4) is 0 Å². The Bertz CT molecular complexity index is 488. The summed E-state index contributed by atoms with van der Waals surface area (Å²) in [5.74, 6) is 0.0809. The molecule has 1 heterocycles. The molecule has 18 heavy (non-hydrogen) atoms. The Balaban J connectivity index is 2.19. The topological polar surface area (TPSA) is 58.2 Å². The molecule has 1 amide bonds. The van der Waals surface area contributed by atoms with Crippen LogP contribution in [-0.4, -0.2) is 30.5 Å². The number of benzene rings is 1. The minimum atomic E-state index is -0.0802. The molecule has 0 spiro atoms. The maximum Gasteiger partial charge on any atom is 0.237 e. The summed E-state index contributed by atoms with van der Waals surface area (Å²) in [6.45, 7) is 2.53. The van der Waals surface area contributed by atoms with Gasteiger partial charge in [-0.3, -0.25) is 9.59 Å². The van der Waals surface area contributed by atoms with Gasteiger partial charge in [-0.25, -0.2) is 0 Å². The number of ketones is 1. The summed E-state index contributed by atoms with van der Waals surface area (Å²) in [5, 5.41) is 5.70. The molecule has 0 aliphatic carbocycles. The van der Waals surface area contributed by atoms with Crippen LogP contribution in [0.15, 0.2) is 23.1 Å². The van der Waals surface area contributed by atoms with Crippen molar-refractivity contribution in [1.82, 2.24) is 5.32 Å². The molecule has 0 fully saturated rings. The maximum atomic E-state index is 11.9. The van der Waals surface area contributed by atoms with Gasteiger partial charge >= 0.3 is 0 Å². The van der Waals surface area contributed by atoms with Crippen molar-refractivity contribution in [1.29, 1.82) is 0 Å². The zero-order chi connectivity index (χ0) is 13.1. The lowest BCUT2D eigenvalue weighted by Crippen LogP contribution is -2.26. The molecule has 1 aliphatic heterocycles. The Morgan fingerprint density at radius 2 is 2.28 bits per heavy atom. The van der Waals surface area contributed by atoms with Crippen LogP contribution in [0.25, 0.3) is 0 Å². The van der Waals surface area contributed by atoms with E-state index in [1.54, 1.807) is 6.07 Å². The lowest BCUT2D eigenvalue weighted by Gasteiger charge is -2.21. The Labute approximate surface area is 111 Å².